The molecule has 0 radical (unpaired) electrons. The van der Waals surface area contributed by atoms with E-state index in [1.807, 2.05) is 24.3 Å². The summed E-state index contributed by atoms with van der Waals surface area (Å²) in [5, 5.41) is 10.3. The van der Waals surface area contributed by atoms with Gasteiger partial charge in [-0.05, 0) is 29.7 Å². The molecule has 1 aliphatic heterocycles. The lowest BCUT2D eigenvalue weighted by atomic mass is 9.88. The van der Waals surface area contributed by atoms with Crippen molar-refractivity contribution < 1.29 is 14.7 Å². The van der Waals surface area contributed by atoms with Gasteiger partial charge in [0.15, 0.2) is 0 Å². The summed E-state index contributed by atoms with van der Waals surface area (Å²) in [5.41, 5.74) is 3.96. The van der Waals surface area contributed by atoms with Crippen LogP contribution < -0.4 is 9.47 Å². The van der Waals surface area contributed by atoms with Gasteiger partial charge in [0, 0.05) is 27.8 Å². The Hall–Kier alpha value is -2.29. The Kier molecular flexibility index (Phi) is 3.88. The van der Waals surface area contributed by atoms with Crippen LogP contribution >= 0.6 is 0 Å². The number of hydrogen-bond donors (Lipinski definition) is 1. The molecule has 0 fully saturated rings. The van der Waals surface area contributed by atoms with Crippen molar-refractivity contribution in [2.24, 2.45) is 5.41 Å². The van der Waals surface area contributed by atoms with Gasteiger partial charge in [-0.2, -0.15) is 0 Å². The zero-order valence-corrected chi connectivity index (χ0v) is 14.2. The molecule has 2 aromatic rings. The second-order valence-electron chi connectivity index (χ2n) is 7.18. The molecule has 0 spiro atoms. The first-order valence-corrected chi connectivity index (χ1v) is 8.08. The third kappa shape index (κ3) is 3.09. The highest BCUT2D eigenvalue weighted by molar-refractivity contribution is 5.81. The third-order valence-electron chi connectivity index (χ3n) is 4.21. The van der Waals surface area contributed by atoms with Gasteiger partial charge < -0.3 is 4.74 Å². The van der Waals surface area contributed by atoms with Gasteiger partial charge in [0.25, 0.3) is 5.69 Å². The molecule has 0 bridgehead atoms. The van der Waals surface area contributed by atoms with E-state index in [0.29, 0.717) is 12.5 Å². The van der Waals surface area contributed by atoms with E-state index < -0.39 is 0 Å². The number of hydrogen-bond acceptors (Lipinski definition) is 2. The van der Waals surface area contributed by atoms with Crippen molar-refractivity contribution in [1.82, 2.24) is 0 Å². The summed E-state index contributed by atoms with van der Waals surface area (Å²) in [4.78, 5) is 0. The van der Waals surface area contributed by atoms with Crippen LogP contribution in [-0.2, 0) is 0 Å². The van der Waals surface area contributed by atoms with E-state index in [1.165, 1.54) is 10.3 Å². The highest BCUT2D eigenvalue weighted by atomic mass is 16.5. The number of nitrogens with zero attached hydrogens (tertiary/aromatic N) is 1. The number of ether oxygens (including phenoxy) is 1. The fourth-order valence-corrected chi connectivity index (χ4v) is 2.88. The first kappa shape index (κ1) is 15.6. The van der Waals surface area contributed by atoms with Crippen molar-refractivity contribution >= 4 is 5.57 Å². The Morgan fingerprint density at radius 1 is 1.17 bits per heavy atom. The molecule has 1 aromatic carbocycles. The summed E-state index contributed by atoms with van der Waals surface area (Å²) in [6.45, 7) is 9.27. The highest BCUT2D eigenvalue weighted by Crippen LogP contribution is 2.38. The number of benzene rings is 1. The van der Waals surface area contributed by atoms with E-state index in [-0.39, 0.29) is 5.41 Å². The topological polar surface area (TPSA) is 33.3 Å². The second-order valence-corrected chi connectivity index (χ2v) is 7.18. The van der Waals surface area contributed by atoms with Crippen LogP contribution in [0.5, 0.6) is 5.75 Å². The van der Waals surface area contributed by atoms with Crippen LogP contribution in [0.15, 0.2) is 48.7 Å². The largest absolute Gasteiger partial charge is 0.492 e. The maximum atomic E-state index is 10.3. The highest BCUT2D eigenvalue weighted by Gasteiger charge is 2.29. The molecule has 0 aliphatic carbocycles. The summed E-state index contributed by atoms with van der Waals surface area (Å²) in [5.74, 6) is 1.31. The molecule has 0 amide bonds. The lowest BCUT2D eigenvalue weighted by molar-refractivity contribution is -0.906. The van der Waals surface area contributed by atoms with E-state index in [2.05, 4.69) is 45.9 Å². The summed E-state index contributed by atoms with van der Waals surface area (Å²) < 4.78 is 7.23. The minimum Gasteiger partial charge on any atom is -0.492 e. The monoisotopic (exact) mass is 310 g/mol. The van der Waals surface area contributed by atoms with Crippen LogP contribution in [0.3, 0.4) is 0 Å². The first-order valence-electron chi connectivity index (χ1n) is 8.08. The molecule has 0 saturated heterocycles. The van der Waals surface area contributed by atoms with Gasteiger partial charge >= 0.3 is 0 Å². The van der Waals surface area contributed by atoms with Crippen molar-refractivity contribution in [2.75, 3.05) is 6.61 Å². The summed E-state index contributed by atoms with van der Waals surface area (Å²) in [6, 6.07) is 12.0. The molecule has 3 rings (SSSR count). The maximum absolute atomic E-state index is 10.3. The molecular weight excluding hydrogens is 286 g/mol. The second kappa shape index (κ2) is 5.73. The number of rotatable bonds is 2. The van der Waals surface area contributed by atoms with Crippen LogP contribution in [0.4, 0.5) is 0 Å². The maximum Gasteiger partial charge on any atom is 0.264 e. The van der Waals surface area contributed by atoms with Crippen molar-refractivity contribution in [1.29, 1.82) is 0 Å². The van der Waals surface area contributed by atoms with Crippen molar-refractivity contribution in [3.05, 3.63) is 65.5 Å². The van der Waals surface area contributed by atoms with Crippen LogP contribution in [0, 0.1) is 5.41 Å². The fourth-order valence-electron chi connectivity index (χ4n) is 2.88. The number of pyridine rings is 1. The van der Waals surface area contributed by atoms with Gasteiger partial charge in [0.1, 0.15) is 5.75 Å². The average Bonchev–Trinajstić information content (AvgIpc) is 2.64. The van der Waals surface area contributed by atoms with Gasteiger partial charge in [-0.15, -0.1) is 0 Å². The molecular formula is C20H24NO2+. The van der Waals surface area contributed by atoms with Crippen molar-refractivity contribution in [3.8, 4) is 5.75 Å². The van der Waals surface area contributed by atoms with Crippen LogP contribution in [0.1, 0.15) is 50.4 Å². The van der Waals surface area contributed by atoms with Gasteiger partial charge in [-0.1, -0.05) is 39.8 Å². The zero-order chi connectivity index (χ0) is 16.6. The summed E-state index contributed by atoms with van der Waals surface area (Å²) in [6.07, 6.45) is 3.85. The summed E-state index contributed by atoms with van der Waals surface area (Å²) >= 11 is 0. The molecule has 0 saturated carbocycles. The van der Waals surface area contributed by atoms with Crippen LogP contribution in [-0.4, -0.2) is 11.8 Å². The Morgan fingerprint density at radius 2 is 1.96 bits per heavy atom. The number of fused-ring (bicyclic) bond motifs is 1. The molecule has 23 heavy (non-hydrogen) atoms. The van der Waals surface area contributed by atoms with E-state index in [1.54, 1.807) is 6.20 Å². The van der Waals surface area contributed by atoms with Gasteiger partial charge in [0.2, 0.25) is 6.20 Å². The van der Waals surface area contributed by atoms with Crippen molar-refractivity contribution in [2.45, 2.75) is 33.6 Å². The average molecular weight is 310 g/mol. The Balaban J connectivity index is 2.25. The predicted molar refractivity (Wildman–Crippen MR) is 90.7 cm³/mol. The predicted octanol–water partition coefficient (Wildman–Crippen LogP) is 4.19. The summed E-state index contributed by atoms with van der Waals surface area (Å²) in [7, 11) is 0. The molecule has 1 aromatic heterocycles. The van der Waals surface area contributed by atoms with Gasteiger partial charge in [-0.3, -0.25) is 5.21 Å². The molecule has 1 aliphatic rings. The molecule has 2 heterocycles. The van der Waals surface area contributed by atoms with Crippen LogP contribution in [0.2, 0.25) is 0 Å². The smallest absolute Gasteiger partial charge is 0.264 e. The lowest BCUT2D eigenvalue weighted by Crippen LogP contribution is -2.34. The van der Waals surface area contributed by atoms with E-state index >= 15 is 0 Å². The van der Waals surface area contributed by atoms with E-state index in [0.717, 1.165) is 22.6 Å². The van der Waals surface area contributed by atoms with Crippen LogP contribution in [0.25, 0.3) is 5.57 Å². The quantitative estimate of drug-likeness (QED) is 0.666. The fraction of sp³-hybridized carbons (Fsp3) is 0.350. The minimum atomic E-state index is -0.116. The van der Waals surface area contributed by atoms with Crippen molar-refractivity contribution in [3.63, 3.8) is 0 Å². The molecule has 1 N–H and O–H groups in total. The Labute approximate surface area is 137 Å². The van der Waals surface area contributed by atoms with Gasteiger partial charge in [0.05, 0.1) is 12.2 Å². The number of aromatic nitrogens is 1. The third-order valence-corrected chi connectivity index (χ3v) is 4.21. The lowest BCUT2D eigenvalue weighted by Gasteiger charge is -2.18. The molecule has 0 atom stereocenters. The Morgan fingerprint density at radius 3 is 2.65 bits per heavy atom. The standard InChI is InChI=1S/C20H24NO2/c1-14(2)15-8-9-19-16(11-15)17(12-20(3,4)13-23-19)18-7-5-6-10-21(18)22/h5-12,14,22H,13H2,1-4H3/q+1. The molecule has 3 heteroatoms. The SMILES string of the molecule is CC(C)c1ccc2c(c1)C(c1cccc[n+]1O)=CC(C)(C)CO2. The van der Waals surface area contributed by atoms with E-state index in [4.69, 9.17) is 4.74 Å². The molecule has 3 nitrogen and oxygen atoms in total. The molecule has 120 valence electrons. The minimum absolute atomic E-state index is 0.116. The Bertz CT molecular complexity index is 760. The normalized spacial score (nSPS) is 16.3. The molecule has 0 unspecified atom stereocenters. The van der Waals surface area contributed by atoms with Gasteiger partial charge in [-0.25, -0.2) is 0 Å². The van der Waals surface area contributed by atoms with E-state index in [9.17, 15) is 5.21 Å². The zero-order valence-electron chi connectivity index (χ0n) is 14.2. The first-order chi connectivity index (χ1) is 10.9.